The number of aromatic amines is 1. The first kappa shape index (κ1) is 6.21. The van der Waals surface area contributed by atoms with Gasteiger partial charge in [-0.1, -0.05) is 0 Å². The Morgan fingerprint density at radius 2 is 2.36 bits per heavy atom. The number of nitrogens with one attached hydrogen (secondary N) is 2. The molecule has 0 fully saturated rings. The number of nitrogen functional groups attached to an aromatic ring is 1. The van der Waals surface area contributed by atoms with Crippen molar-refractivity contribution in [1.29, 1.82) is 0 Å². The van der Waals surface area contributed by atoms with E-state index >= 15 is 0 Å². The molecule has 1 aromatic heterocycles. The third-order valence-electron chi connectivity index (χ3n) is 1.76. The molecule has 58 valence electrons. The van der Waals surface area contributed by atoms with Gasteiger partial charge in [0.25, 0.3) is 5.91 Å². The summed E-state index contributed by atoms with van der Waals surface area (Å²) in [6.07, 6.45) is 0.783. The maximum Gasteiger partial charge on any atom is 0.256 e. The maximum absolute atomic E-state index is 11.1. The molecule has 0 spiro atoms. The van der Waals surface area contributed by atoms with Gasteiger partial charge in [0, 0.05) is 13.0 Å². The fraction of sp³-hybridized carbons (Fsp3) is 0.333. The Morgan fingerprint density at radius 3 is 3.09 bits per heavy atom. The first-order chi connectivity index (χ1) is 5.29. The van der Waals surface area contributed by atoms with E-state index in [1.165, 1.54) is 0 Å². The van der Waals surface area contributed by atoms with E-state index < -0.39 is 0 Å². The standard InChI is InChI=1S/C6H8N4O/c7-5-4-3(9-10-5)1-2-8-6(4)11/h1-2H2,(H,8,11)(H3,7,9,10). The summed E-state index contributed by atoms with van der Waals surface area (Å²) >= 11 is 0. The van der Waals surface area contributed by atoms with E-state index in [2.05, 4.69) is 15.5 Å². The van der Waals surface area contributed by atoms with Crippen molar-refractivity contribution in [2.45, 2.75) is 6.42 Å². The van der Waals surface area contributed by atoms with Gasteiger partial charge in [-0.25, -0.2) is 0 Å². The Morgan fingerprint density at radius 1 is 1.55 bits per heavy atom. The largest absolute Gasteiger partial charge is 0.382 e. The van der Waals surface area contributed by atoms with Crippen LogP contribution in [0.1, 0.15) is 16.1 Å². The van der Waals surface area contributed by atoms with Crippen molar-refractivity contribution in [3.63, 3.8) is 0 Å². The zero-order valence-corrected chi connectivity index (χ0v) is 5.85. The van der Waals surface area contributed by atoms with E-state index in [1.54, 1.807) is 0 Å². The zero-order valence-electron chi connectivity index (χ0n) is 5.85. The van der Waals surface area contributed by atoms with Crippen molar-refractivity contribution in [3.05, 3.63) is 11.3 Å². The van der Waals surface area contributed by atoms with E-state index in [0.29, 0.717) is 12.1 Å². The fourth-order valence-electron chi connectivity index (χ4n) is 1.22. The summed E-state index contributed by atoms with van der Waals surface area (Å²) in [7, 11) is 0. The van der Waals surface area contributed by atoms with Crippen LogP contribution in [0, 0.1) is 0 Å². The third-order valence-corrected chi connectivity index (χ3v) is 1.76. The molecule has 0 atom stereocenters. The lowest BCUT2D eigenvalue weighted by Gasteiger charge is -2.10. The molecule has 1 aromatic rings. The van der Waals surface area contributed by atoms with Crippen molar-refractivity contribution in [3.8, 4) is 0 Å². The Labute approximate surface area is 63.0 Å². The summed E-state index contributed by atoms with van der Waals surface area (Å²) in [4.78, 5) is 11.1. The summed E-state index contributed by atoms with van der Waals surface area (Å²) in [6.45, 7) is 0.660. The molecular weight excluding hydrogens is 144 g/mol. The molecule has 0 saturated heterocycles. The summed E-state index contributed by atoms with van der Waals surface area (Å²) in [5.74, 6) is 0.162. The predicted molar refractivity (Wildman–Crippen MR) is 39.0 cm³/mol. The van der Waals surface area contributed by atoms with Crippen molar-refractivity contribution in [1.82, 2.24) is 15.5 Å². The van der Waals surface area contributed by atoms with Gasteiger partial charge in [0.2, 0.25) is 0 Å². The highest BCUT2D eigenvalue weighted by Gasteiger charge is 2.21. The lowest BCUT2D eigenvalue weighted by Crippen LogP contribution is -2.31. The minimum atomic E-state index is -0.127. The summed E-state index contributed by atoms with van der Waals surface area (Å²) in [5, 5.41) is 9.15. The molecule has 5 nitrogen and oxygen atoms in total. The zero-order chi connectivity index (χ0) is 7.84. The number of carbonyl (C=O) groups excluding carboxylic acids is 1. The number of anilines is 1. The van der Waals surface area contributed by atoms with E-state index in [1.807, 2.05) is 0 Å². The highest BCUT2D eigenvalue weighted by molar-refractivity contribution is 6.00. The van der Waals surface area contributed by atoms with Gasteiger partial charge in [-0.3, -0.25) is 9.89 Å². The summed E-state index contributed by atoms with van der Waals surface area (Å²) < 4.78 is 0. The van der Waals surface area contributed by atoms with Crippen LogP contribution in [0.5, 0.6) is 0 Å². The lowest BCUT2D eigenvalue weighted by molar-refractivity contribution is 0.0947. The van der Waals surface area contributed by atoms with Crippen LogP contribution in [0.4, 0.5) is 5.82 Å². The Balaban J connectivity index is 2.56. The molecular formula is C6H8N4O. The highest BCUT2D eigenvalue weighted by Crippen LogP contribution is 2.15. The van der Waals surface area contributed by atoms with Gasteiger partial charge in [0.15, 0.2) is 5.82 Å². The summed E-state index contributed by atoms with van der Waals surface area (Å²) in [5.41, 5.74) is 6.80. The fourth-order valence-corrected chi connectivity index (χ4v) is 1.22. The Hall–Kier alpha value is -1.52. The second kappa shape index (κ2) is 1.98. The predicted octanol–water partition coefficient (Wildman–Crippen LogP) is -0.722. The first-order valence-corrected chi connectivity index (χ1v) is 3.40. The number of amides is 1. The van der Waals surface area contributed by atoms with Crippen LogP contribution in [0.3, 0.4) is 0 Å². The quantitative estimate of drug-likeness (QED) is 0.458. The van der Waals surface area contributed by atoms with Crippen LogP contribution >= 0.6 is 0 Å². The maximum atomic E-state index is 11.1. The molecule has 11 heavy (non-hydrogen) atoms. The molecule has 0 radical (unpaired) electrons. The van der Waals surface area contributed by atoms with Gasteiger partial charge in [0.05, 0.1) is 5.69 Å². The number of fused-ring (bicyclic) bond motifs is 1. The topological polar surface area (TPSA) is 83.8 Å². The minimum Gasteiger partial charge on any atom is -0.382 e. The van der Waals surface area contributed by atoms with Gasteiger partial charge in [-0.05, 0) is 0 Å². The molecule has 0 aromatic carbocycles. The molecule has 1 amide bonds. The number of carbonyl (C=O) groups is 1. The number of hydrogen-bond acceptors (Lipinski definition) is 3. The molecule has 0 bridgehead atoms. The van der Waals surface area contributed by atoms with Gasteiger partial charge < -0.3 is 11.1 Å². The van der Waals surface area contributed by atoms with E-state index in [-0.39, 0.29) is 11.7 Å². The number of H-pyrrole nitrogens is 1. The van der Waals surface area contributed by atoms with Crippen molar-refractivity contribution >= 4 is 11.7 Å². The number of hydrogen-bond donors (Lipinski definition) is 3. The average molecular weight is 152 g/mol. The normalized spacial score (nSPS) is 15.8. The number of aromatic nitrogens is 2. The Bertz CT molecular complexity index is 304. The Kier molecular flexibility index (Phi) is 1.12. The second-order valence-electron chi connectivity index (χ2n) is 2.47. The highest BCUT2D eigenvalue weighted by atomic mass is 16.1. The van der Waals surface area contributed by atoms with Crippen LogP contribution in [-0.4, -0.2) is 22.6 Å². The van der Waals surface area contributed by atoms with Crippen LogP contribution in [0.25, 0.3) is 0 Å². The van der Waals surface area contributed by atoms with Crippen LogP contribution in [-0.2, 0) is 6.42 Å². The lowest BCUT2D eigenvalue weighted by atomic mass is 10.1. The van der Waals surface area contributed by atoms with Gasteiger partial charge in [-0.2, -0.15) is 5.10 Å². The first-order valence-electron chi connectivity index (χ1n) is 3.40. The van der Waals surface area contributed by atoms with Crippen LogP contribution < -0.4 is 11.1 Å². The molecule has 0 unspecified atom stereocenters. The van der Waals surface area contributed by atoms with E-state index in [4.69, 9.17) is 5.73 Å². The summed E-state index contributed by atoms with van der Waals surface area (Å²) in [6, 6.07) is 0. The minimum absolute atomic E-state index is 0.127. The molecule has 1 aliphatic rings. The third kappa shape index (κ3) is 0.772. The molecule has 1 aliphatic heterocycles. The van der Waals surface area contributed by atoms with Crippen molar-refractivity contribution < 1.29 is 4.79 Å². The number of nitrogens with two attached hydrogens (primary N) is 1. The van der Waals surface area contributed by atoms with E-state index in [9.17, 15) is 4.79 Å². The van der Waals surface area contributed by atoms with Crippen LogP contribution in [0.15, 0.2) is 0 Å². The molecule has 0 aliphatic carbocycles. The smallest absolute Gasteiger partial charge is 0.256 e. The van der Waals surface area contributed by atoms with Gasteiger partial charge >= 0.3 is 0 Å². The molecule has 2 heterocycles. The van der Waals surface area contributed by atoms with Gasteiger partial charge in [-0.15, -0.1) is 0 Å². The SMILES string of the molecule is Nc1n[nH]c2c1C(=O)NCC2. The molecule has 4 N–H and O–H groups in total. The van der Waals surface area contributed by atoms with Crippen molar-refractivity contribution in [2.75, 3.05) is 12.3 Å². The van der Waals surface area contributed by atoms with E-state index in [0.717, 1.165) is 12.1 Å². The number of nitrogens with zero attached hydrogens (tertiary/aromatic N) is 1. The average Bonchev–Trinajstić information content (AvgIpc) is 2.34. The van der Waals surface area contributed by atoms with Gasteiger partial charge in [0.1, 0.15) is 5.56 Å². The monoisotopic (exact) mass is 152 g/mol. The second-order valence-corrected chi connectivity index (χ2v) is 2.47. The van der Waals surface area contributed by atoms with Crippen LogP contribution in [0.2, 0.25) is 0 Å². The molecule has 5 heteroatoms. The molecule has 0 saturated carbocycles. The molecule has 2 rings (SSSR count). The number of rotatable bonds is 0. The van der Waals surface area contributed by atoms with Crippen molar-refractivity contribution in [2.24, 2.45) is 0 Å².